The fourth-order valence-electron chi connectivity index (χ4n) is 1.98. The monoisotopic (exact) mass is 329 g/mol. The molecule has 0 atom stereocenters. The Balaban J connectivity index is 1.80. The Morgan fingerprint density at radius 3 is 3.00 bits per heavy atom. The predicted molar refractivity (Wildman–Crippen MR) is 90.9 cm³/mol. The third kappa shape index (κ3) is 3.00. The molecule has 0 radical (unpaired) electrons. The van der Waals surface area contributed by atoms with Crippen molar-refractivity contribution >= 4 is 45.1 Å². The molecule has 0 saturated heterocycles. The van der Waals surface area contributed by atoms with E-state index < -0.39 is 0 Å². The number of hydrogen-bond acceptors (Lipinski definition) is 4. The first-order valence-electron chi connectivity index (χ1n) is 6.58. The summed E-state index contributed by atoms with van der Waals surface area (Å²) in [6.45, 7) is 2.00. The van der Waals surface area contributed by atoms with Crippen LogP contribution in [0, 0.1) is 6.92 Å². The molecule has 0 saturated carbocycles. The number of aromatic nitrogens is 1. The van der Waals surface area contributed by atoms with Gasteiger partial charge in [0.1, 0.15) is 4.88 Å². The van der Waals surface area contributed by atoms with Crippen molar-refractivity contribution in [1.29, 1.82) is 0 Å². The number of rotatable bonds is 3. The van der Waals surface area contributed by atoms with Crippen molar-refractivity contribution in [2.24, 2.45) is 5.10 Å². The molecular weight excluding hydrogens is 318 g/mol. The summed E-state index contributed by atoms with van der Waals surface area (Å²) in [6, 6.07) is 11.4. The maximum atomic E-state index is 12.2. The third-order valence-electron chi connectivity index (χ3n) is 3.04. The highest BCUT2D eigenvalue weighted by Gasteiger charge is 2.16. The number of amides is 1. The van der Waals surface area contributed by atoms with E-state index in [0.29, 0.717) is 15.6 Å². The maximum Gasteiger partial charge on any atom is 0.283 e. The lowest BCUT2D eigenvalue weighted by molar-refractivity contribution is 0.0959. The van der Waals surface area contributed by atoms with Crippen molar-refractivity contribution < 1.29 is 4.79 Å². The number of fused-ring (bicyclic) bond motifs is 1. The predicted octanol–water partition coefficient (Wildman–Crippen LogP) is 4.02. The van der Waals surface area contributed by atoms with Crippen molar-refractivity contribution in [3.63, 3.8) is 0 Å². The molecule has 0 bridgehead atoms. The highest BCUT2D eigenvalue weighted by molar-refractivity contribution is 7.21. The lowest BCUT2D eigenvalue weighted by Gasteiger charge is -1.97. The summed E-state index contributed by atoms with van der Waals surface area (Å²) in [5, 5.41) is 5.26. The van der Waals surface area contributed by atoms with Gasteiger partial charge in [0, 0.05) is 16.3 Å². The number of carbonyl (C=O) groups is 1. The Hall–Kier alpha value is -2.24. The maximum absolute atomic E-state index is 12.2. The van der Waals surface area contributed by atoms with Crippen molar-refractivity contribution in [2.75, 3.05) is 0 Å². The van der Waals surface area contributed by atoms with Crippen LogP contribution in [-0.4, -0.2) is 17.1 Å². The lowest BCUT2D eigenvalue weighted by Crippen LogP contribution is -2.16. The molecule has 0 unspecified atom stereocenters. The van der Waals surface area contributed by atoms with Gasteiger partial charge in [0.25, 0.3) is 5.91 Å². The number of nitrogens with one attached hydrogen (secondary N) is 1. The van der Waals surface area contributed by atoms with Crippen LogP contribution in [0.15, 0.2) is 47.7 Å². The summed E-state index contributed by atoms with van der Waals surface area (Å²) in [5.74, 6) is -0.323. The van der Waals surface area contributed by atoms with Crippen LogP contribution in [0.4, 0.5) is 0 Å². The van der Waals surface area contributed by atoms with Crippen LogP contribution in [-0.2, 0) is 0 Å². The number of hydrazone groups is 1. The first-order chi connectivity index (χ1) is 10.6. The standard InChI is InChI=1S/C16H12ClN3OS/c1-10-5-6-12-13(8-10)22-15(14(12)17)16(21)20-19-9-11-4-2-3-7-18-11/h2-9H,1H3,(H,20,21). The molecule has 22 heavy (non-hydrogen) atoms. The second kappa shape index (κ2) is 6.25. The molecular formula is C16H12ClN3OS. The van der Waals surface area contributed by atoms with E-state index in [1.165, 1.54) is 17.6 Å². The Labute approximate surface area is 136 Å². The normalized spacial score (nSPS) is 11.2. The fourth-order valence-corrected chi connectivity index (χ4v) is 3.48. The SMILES string of the molecule is Cc1ccc2c(Cl)c(C(=O)NN=Cc3ccccn3)sc2c1. The second-order valence-electron chi connectivity index (χ2n) is 4.70. The first kappa shape index (κ1) is 14.7. The number of hydrogen-bond donors (Lipinski definition) is 1. The van der Waals surface area contributed by atoms with Crippen molar-refractivity contribution in [1.82, 2.24) is 10.4 Å². The van der Waals surface area contributed by atoms with E-state index in [2.05, 4.69) is 15.5 Å². The van der Waals surface area contributed by atoms with E-state index >= 15 is 0 Å². The molecule has 0 fully saturated rings. The molecule has 110 valence electrons. The number of halogens is 1. The van der Waals surface area contributed by atoms with E-state index in [-0.39, 0.29) is 5.91 Å². The molecule has 3 rings (SSSR count). The third-order valence-corrected chi connectivity index (χ3v) is 4.70. The van der Waals surface area contributed by atoms with Gasteiger partial charge < -0.3 is 0 Å². The zero-order chi connectivity index (χ0) is 15.5. The molecule has 6 heteroatoms. The van der Waals surface area contributed by atoms with Gasteiger partial charge >= 0.3 is 0 Å². The molecule has 1 amide bonds. The Kier molecular flexibility index (Phi) is 4.18. The fraction of sp³-hybridized carbons (Fsp3) is 0.0625. The Morgan fingerprint density at radius 2 is 2.23 bits per heavy atom. The largest absolute Gasteiger partial charge is 0.283 e. The van der Waals surface area contributed by atoms with Crippen LogP contribution in [0.2, 0.25) is 5.02 Å². The number of aryl methyl sites for hydroxylation is 1. The van der Waals surface area contributed by atoms with Crippen LogP contribution in [0.1, 0.15) is 20.9 Å². The van der Waals surface area contributed by atoms with E-state index in [9.17, 15) is 4.79 Å². The summed E-state index contributed by atoms with van der Waals surface area (Å²) in [6.07, 6.45) is 3.15. The Bertz CT molecular complexity index is 858. The van der Waals surface area contributed by atoms with Gasteiger partial charge in [-0.25, -0.2) is 5.43 Å². The second-order valence-corrected chi connectivity index (χ2v) is 6.13. The van der Waals surface area contributed by atoms with Gasteiger partial charge in [0.15, 0.2) is 0 Å². The first-order valence-corrected chi connectivity index (χ1v) is 7.77. The number of thiophene rings is 1. The molecule has 0 aliphatic rings. The summed E-state index contributed by atoms with van der Waals surface area (Å²) in [5.41, 5.74) is 4.28. The molecule has 3 aromatic rings. The van der Waals surface area contributed by atoms with E-state index in [1.54, 1.807) is 12.3 Å². The van der Waals surface area contributed by atoms with Gasteiger partial charge in [0.05, 0.1) is 16.9 Å². The van der Waals surface area contributed by atoms with Gasteiger partial charge in [-0.1, -0.05) is 29.8 Å². The quantitative estimate of drug-likeness (QED) is 0.583. The molecule has 1 aromatic carbocycles. The van der Waals surface area contributed by atoms with E-state index in [1.807, 2.05) is 37.3 Å². The number of pyridine rings is 1. The van der Waals surface area contributed by atoms with Gasteiger partial charge in [-0.15, -0.1) is 11.3 Å². The topological polar surface area (TPSA) is 54.4 Å². The van der Waals surface area contributed by atoms with Gasteiger partial charge in [0.2, 0.25) is 0 Å². The van der Waals surface area contributed by atoms with Crippen molar-refractivity contribution in [2.45, 2.75) is 6.92 Å². The molecule has 1 N–H and O–H groups in total. The molecule has 2 aromatic heterocycles. The number of nitrogens with zero attached hydrogens (tertiary/aromatic N) is 2. The average Bonchev–Trinajstić information content (AvgIpc) is 2.84. The zero-order valence-corrected chi connectivity index (χ0v) is 13.3. The van der Waals surface area contributed by atoms with Crippen molar-refractivity contribution in [3.05, 3.63) is 63.8 Å². The number of carbonyl (C=O) groups excluding carboxylic acids is 1. The lowest BCUT2D eigenvalue weighted by atomic mass is 10.2. The summed E-state index contributed by atoms with van der Waals surface area (Å²) in [4.78, 5) is 16.7. The number of benzene rings is 1. The average molecular weight is 330 g/mol. The van der Waals surface area contributed by atoms with E-state index in [0.717, 1.165) is 15.6 Å². The minimum absolute atomic E-state index is 0.323. The van der Waals surface area contributed by atoms with E-state index in [4.69, 9.17) is 11.6 Å². The van der Waals surface area contributed by atoms with Crippen LogP contribution < -0.4 is 5.43 Å². The molecule has 4 nitrogen and oxygen atoms in total. The van der Waals surface area contributed by atoms with Crippen LogP contribution in [0.3, 0.4) is 0 Å². The van der Waals surface area contributed by atoms with Gasteiger partial charge in [-0.3, -0.25) is 9.78 Å². The van der Waals surface area contributed by atoms with Crippen molar-refractivity contribution in [3.8, 4) is 0 Å². The van der Waals surface area contributed by atoms with Crippen LogP contribution >= 0.6 is 22.9 Å². The summed E-state index contributed by atoms with van der Waals surface area (Å²) >= 11 is 7.64. The molecule has 2 heterocycles. The van der Waals surface area contributed by atoms with Gasteiger partial charge in [-0.2, -0.15) is 5.10 Å². The Morgan fingerprint density at radius 1 is 1.36 bits per heavy atom. The smallest absolute Gasteiger partial charge is 0.266 e. The van der Waals surface area contributed by atoms with Crippen LogP contribution in [0.5, 0.6) is 0 Å². The van der Waals surface area contributed by atoms with Gasteiger partial charge in [-0.05, 0) is 30.7 Å². The zero-order valence-electron chi connectivity index (χ0n) is 11.7. The molecule has 0 aliphatic heterocycles. The highest BCUT2D eigenvalue weighted by atomic mass is 35.5. The highest BCUT2D eigenvalue weighted by Crippen LogP contribution is 2.35. The van der Waals surface area contributed by atoms with Crippen LogP contribution in [0.25, 0.3) is 10.1 Å². The molecule has 0 aliphatic carbocycles. The summed E-state index contributed by atoms with van der Waals surface area (Å²) < 4.78 is 0.990. The summed E-state index contributed by atoms with van der Waals surface area (Å²) in [7, 11) is 0. The molecule has 0 spiro atoms. The minimum atomic E-state index is -0.323. The minimum Gasteiger partial charge on any atom is -0.266 e.